The highest BCUT2D eigenvalue weighted by atomic mass is 32.1. The van der Waals surface area contributed by atoms with Gasteiger partial charge in [0.1, 0.15) is 15.0 Å². The molecular weight excluding hydrogens is 414 g/mol. The number of aromatic nitrogens is 3. The summed E-state index contributed by atoms with van der Waals surface area (Å²) in [5.74, 6) is -0.935. The lowest BCUT2D eigenvalue weighted by molar-refractivity contribution is -0.135. The summed E-state index contributed by atoms with van der Waals surface area (Å²) in [7, 11) is 0. The molecule has 0 fully saturated rings. The zero-order chi connectivity index (χ0) is 22.0. The van der Waals surface area contributed by atoms with Crippen molar-refractivity contribution < 1.29 is 9.53 Å². The molecule has 0 aromatic carbocycles. The van der Waals surface area contributed by atoms with E-state index in [4.69, 9.17) is 10.5 Å². The fourth-order valence-corrected chi connectivity index (χ4v) is 4.64. The Morgan fingerprint density at radius 1 is 1.26 bits per heavy atom. The Kier molecular flexibility index (Phi) is 5.47. The summed E-state index contributed by atoms with van der Waals surface area (Å²) in [6.45, 7) is 1.87. The molecule has 8 nitrogen and oxygen atoms in total. The predicted octanol–water partition coefficient (Wildman–Crippen LogP) is 0.800. The number of fused-ring (bicyclic) bond motifs is 1. The SMILES string of the molecule is CCOC(=O)C=c1sc2n(c1=O)C(N)=C(c1ccncc1)C(c1ccncc1)C=2C#N. The quantitative estimate of drug-likeness (QED) is 0.606. The van der Waals surface area contributed by atoms with Crippen LogP contribution in [0.5, 0.6) is 0 Å². The summed E-state index contributed by atoms with van der Waals surface area (Å²) in [4.78, 5) is 33.2. The average molecular weight is 431 g/mol. The number of hydrogen-bond acceptors (Lipinski definition) is 8. The standard InChI is InChI=1S/C22H17N5O3S/c1-2-30-17(28)11-16-21(29)27-20(24)19(14-5-9-26-10-6-14)18(13-3-7-25-8-4-13)15(12-23)22(27)31-16/h3-11,18H,2,24H2,1H3. The maximum absolute atomic E-state index is 13.1. The van der Waals surface area contributed by atoms with Gasteiger partial charge in [-0.2, -0.15) is 5.26 Å². The van der Waals surface area contributed by atoms with Crippen molar-refractivity contribution in [2.45, 2.75) is 12.8 Å². The van der Waals surface area contributed by atoms with Crippen molar-refractivity contribution in [1.29, 1.82) is 5.26 Å². The van der Waals surface area contributed by atoms with E-state index in [1.165, 1.54) is 4.57 Å². The van der Waals surface area contributed by atoms with E-state index in [1.54, 1.807) is 43.8 Å². The molecule has 0 spiro atoms. The number of esters is 1. The minimum absolute atomic E-state index is 0.147. The number of nitrogens with two attached hydrogens (primary N) is 1. The van der Waals surface area contributed by atoms with Crippen LogP contribution in [0.1, 0.15) is 24.0 Å². The van der Waals surface area contributed by atoms with Gasteiger partial charge < -0.3 is 10.5 Å². The van der Waals surface area contributed by atoms with Crippen molar-refractivity contribution in [3.8, 4) is 6.07 Å². The van der Waals surface area contributed by atoms with Crippen LogP contribution >= 0.6 is 11.3 Å². The van der Waals surface area contributed by atoms with Crippen molar-refractivity contribution in [1.82, 2.24) is 14.5 Å². The Morgan fingerprint density at radius 3 is 2.52 bits per heavy atom. The predicted molar refractivity (Wildman–Crippen MR) is 116 cm³/mol. The molecule has 0 aliphatic carbocycles. The number of nitriles is 1. The second-order valence-electron chi connectivity index (χ2n) is 6.58. The first kappa shape index (κ1) is 20.3. The molecule has 1 aliphatic rings. The van der Waals surface area contributed by atoms with Gasteiger partial charge in [-0.3, -0.25) is 19.3 Å². The molecule has 0 saturated heterocycles. The number of carbonyl (C=O) groups excluding carboxylic acids is 1. The lowest BCUT2D eigenvalue weighted by Gasteiger charge is -2.26. The molecule has 2 N–H and O–H groups in total. The summed E-state index contributed by atoms with van der Waals surface area (Å²) >= 11 is 1.04. The van der Waals surface area contributed by atoms with Crippen LogP contribution in [0.3, 0.4) is 0 Å². The van der Waals surface area contributed by atoms with E-state index in [0.29, 0.717) is 15.8 Å². The molecule has 3 aromatic heterocycles. The highest BCUT2D eigenvalue weighted by molar-refractivity contribution is 7.07. The maximum Gasteiger partial charge on any atom is 0.332 e. The molecule has 31 heavy (non-hydrogen) atoms. The van der Waals surface area contributed by atoms with Crippen LogP contribution in [-0.4, -0.2) is 27.1 Å². The van der Waals surface area contributed by atoms with Gasteiger partial charge in [-0.05, 0) is 42.3 Å². The minimum atomic E-state index is -0.625. The van der Waals surface area contributed by atoms with Crippen LogP contribution in [-0.2, 0) is 9.53 Å². The van der Waals surface area contributed by atoms with Gasteiger partial charge in [-0.1, -0.05) is 0 Å². The largest absolute Gasteiger partial charge is 0.463 e. The van der Waals surface area contributed by atoms with Crippen LogP contribution in [0.4, 0.5) is 0 Å². The summed E-state index contributed by atoms with van der Waals surface area (Å²) in [5.41, 5.74) is 8.58. The Bertz CT molecular complexity index is 1400. The van der Waals surface area contributed by atoms with Crippen LogP contribution in [0.15, 0.2) is 53.8 Å². The van der Waals surface area contributed by atoms with Gasteiger partial charge in [0.25, 0.3) is 5.56 Å². The van der Waals surface area contributed by atoms with E-state index in [0.717, 1.165) is 28.5 Å². The third kappa shape index (κ3) is 3.53. The van der Waals surface area contributed by atoms with Gasteiger partial charge in [0.2, 0.25) is 0 Å². The first-order valence-corrected chi connectivity index (χ1v) is 10.2. The smallest absolute Gasteiger partial charge is 0.332 e. The number of nitrogens with zero attached hydrogens (tertiary/aromatic N) is 4. The van der Waals surface area contributed by atoms with Crippen molar-refractivity contribution in [2.24, 2.45) is 5.73 Å². The van der Waals surface area contributed by atoms with Crippen LogP contribution < -0.4 is 20.5 Å². The van der Waals surface area contributed by atoms with E-state index >= 15 is 0 Å². The third-order valence-corrected chi connectivity index (χ3v) is 5.94. The van der Waals surface area contributed by atoms with Gasteiger partial charge in [-0.25, -0.2) is 4.79 Å². The molecule has 1 atom stereocenters. The fraction of sp³-hybridized carbons (Fsp3) is 0.136. The molecular formula is C22H17N5O3S. The highest BCUT2D eigenvalue weighted by Gasteiger charge is 2.32. The normalized spacial score (nSPS) is 16.1. The number of allylic oxidation sites excluding steroid dienone is 1. The number of carbonyl (C=O) groups is 1. The number of thiazole rings is 1. The summed E-state index contributed by atoms with van der Waals surface area (Å²) in [6.07, 6.45) is 7.66. The van der Waals surface area contributed by atoms with Gasteiger partial charge in [0.15, 0.2) is 0 Å². The van der Waals surface area contributed by atoms with Crippen molar-refractivity contribution in [3.05, 3.63) is 79.7 Å². The van der Waals surface area contributed by atoms with Gasteiger partial charge in [0.05, 0.1) is 24.2 Å². The summed E-state index contributed by atoms with van der Waals surface area (Å²) in [5, 5.41) is 10.1. The molecule has 4 rings (SSSR count). The number of hydrogen-bond donors (Lipinski definition) is 1. The van der Waals surface area contributed by atoms with Crippen LogP contribution in [0.25, 0.3) is 23.0 Å². The van der Waals surface area contributed by atoms with Crippen LogP contribution in [0, 0.1) is 11.3 Å². The molecule has 0 radical (unpaired) electrons. The Morgan fingerprint density at radius 2 is 1.90 bits per heavy atom. The number of rotatable bonds is 4. The van der Waals surface area contributed by atoms with Crippen LogP contribution in [0.2, 0.25) is 0 Å². The molecule has 4 heterocycles. The monoisotopic (exact) mass is 431 g/mol. The minimum Gasteiger partial charge on any atom is -0.463 e. The van der Waals surface area contributed by atoms with Gasteiger partial charge in [-0.15, -0.1) is 11.3 Å². The zero-order valence-electron chi connectivity index (χ0n) is 16.5. The van der Waals surface area contributed by atoms with Crippen molar-refractivity contribution >= 4 is 40.3 Å². The Balaban J connectivity index is 2.10. The van der Waals surface area contributed by atoms with Gasteiger partial charge >= 0.3 is 5.97 Å². The van der Waals surface area contributed by atoms with Gasteiger partial charge in [0, 0.05) is 36.4 Å². The summed E-state index contributed by atoms with van der Waals surface area (Å²) in [6, 6.07) is 9.43. The van der Waals surface area contributed by atoms with E-state index in [2.05, 4.69) is 16.0 Å². The van der Waals surface area contributed by atoms with Crippen molar-refractivity contribution in [2.75, 3.05) is 6.61 Å². The van der Waals surface area contributed by atoms with E-state index in [1.807, 2.05) is 12.1 Å². The summed E-state index contributed by atoms with van der Waals surface area (Å²) < 4.78 is 6.76. The fourth-order valence-electron chi connectivity index (χ4n) is 3.56. The molecule has 1 aliphatic heterocycles. The van der Waals surface area contributed by atoms with Crippen molar-refractivity contribution in [3.63, 3.8) is 0 Å². The second-order valence-corrected chi connectivity index (χ2v) is 7.61. The molecule has 9 heteroatoms. The topological polar surface area (TPSA) is 124 Å². The number of pyridine rings is 2. The van der Waals surface area contributed by atoms with E-state index < -0.39 is 17.4 Å². The Labute approximate surface area is 180 Å². The first-order chi connectivity index (χ1) is 15.1. The second kappa shape index (κ2) is 8.38. The number of ether oxygens (including phenoxy) is 1. The molecule has 0 amide bonds. The lowest BCUT2D eigenvalue weighted by atomic mass is 9.81. The van der Waals surface area contributed by atoms with E-state index in [-0.39, 0.29) is 17.0 Å². The first-order valence-electron chi connectivity index (χ1n) is 9.41. The average Bonchev–Trinajstić information content (AvgIpc) is 3.11. The molecule has 0 saturated carbocycles. The molecule has 0 bridgehead atoms. The third-order valence-electron chi connectivity index (χ3n) is 4.83. The molecule has 154 valence electrons. The highest BCUT2D eigenvalue weighted by Crippen LogP contribution is 2.41. The zero-order valence-corrected chi connectivity index (χ0v) is 17.3. The maximum atomic E-state index is 13.1. The molecule has 3 aromatic rings. The Hall–Kier alpha value is -4.03. The van der Waals surface area contributed by atoms with E-state index in [9.17, 15) is 14.9 Å². The lowest BCUT2D eigenvalue weighted by Crippen LogP contribution is -2.38. The molecule has 1 unspecified atom stereocenters.